The average Bonchev–Trinajstić information content (AvgIpc) is 2.62. The van der Waals surface area contributed by atoms with Crippen LogP contribution in [0.2, 0.25) is 0 Å². The van der Waals surface area contributed by atoms with Gasteiger partial charge in [-0.15, -0.1) is 0 Å². The number of nitrogens with zero attached hydrogens (tertiary/aromatic N) is 1. The molecule has 26 heavy (non-hydrogen) atoms. The van der Waals surface area contributed by atoms with E-state index in [0.717, 1.165) is 0 Å². The largest absolute Gasteiger partial charge is 0.405 e. The van der Waals surface area contributed by atoms with Crippen LogP contribution < -0.4 is 16.0 Å². The standard InChI is InChI=1S/C17H23F3N4O2/c1-12(23-16(26)13-5-3-2-4-6-13)15(25)22-11-14(17(18,19)20)24-9-7-21-8-10-24/h2-6,12,14,21H,7-11H2,1H3,(H,22,25)(H,23,26). The summed E-state index contributed by atoms with van der Waals surface area (Å²) in [5.74, 6) is -1.11. The Bertz CT molecular complexity index is 604. The zero-order chi connectivity index (χ0) is 19.2. The van der Waals surface area contributed by atoms with E-state index in [-0.39, 0.29) is 13.1 Å². The van der Waals surface area contributed by atoms with Gasteiger partial charge in [-0.25, -0.2) is 0 Å². The molecule has 6 nitrogen and oxygen atoms in total. The van der Waals surface area contributed by atoms with Gasteiger partial charge in [-0.2, -0.15) is 13.2 Å². The van der Waals surface area contributed by atoms with Crippen LogP contribution in [0.3, 0.4) is 0 Å². The van der Waals surface area contributed by atoms with Gasteiger partial charge in [-0.1, -0.05) is 18.2 Å². The number of amides is 2. The Morgan fingerprint density at radius 1 is 1.19 bits per heavy atom. The predicted molar refractivity (Wildman–Crippen MR) is 90.7 cm³/mol. The third-order valence-corrected chi connectivity index (χ3v) is 4.22. The Hall–Kier alpha value is -2.13. The number of hydrogen-bond acceptors (Lipinski definition) is 4. The van der Waals surface area contributed by atoms with E-state index in [1.807, 2.05) is 0 Å². The predicted octanol–water partition coefficient (Wildman–Crippen LogP) is 0.757. The first-order valence-corrected chi connectivity index (χ1v) is 8.44. The molecule has 1 saturated heterocycles. The van der Waals surface area contributed by atoms with Crippen LogP contribution in [0.5, 0.6) is 0 Å². The van der Waals surface area contributed by atoms with Gasteiger partial charge >= 0.3 is 6.18 Å². The topological polar surface area (TPSA) is 73.5 Å². The summed E-state index contributed by atoms with van der Waals surface area (Å²) in [4.78, 5) is 25.4. The molecule has 1 fully saturated rings. The van der Waals surface area contributed by atoms with Gasteiger partial charge in [0.1, 0.15) is 12.1 Å². The third kappa shape index (κ3) is 5.70. The Morgan fingerprint density at radius 2 is 1.81 bits per heavy atom. The fourth-order valence-electron chi connectivity index (χ4n) is 2.73. The minimum atomic E-state index is -4.44. The molecule has 1 aromatic rings. The van der Waals surface area contributed by atoms with Crippen molar-refractivity contribution in [2.75, 3.05) is 32.7 Å². The molecule has 2 unspecified atom stereocenters. The molecule has 0 aliphatic carbocycles. The van der Waals surface area contributed by atoms with E-state index in [1.165, 1.54) is 11.8 Å². The summed E-state index contributed by atoms with van der Waals surface area (Å²) in [6.07, 6.45) is -4.44. The molecule has 0 bridgehead atoms. The number of rotatable bonds is 6. The zero-order valence-electron chi connectivity index (χ0n) is 14.5. The fraction of sp³-hybridized carbons (Fsp3) is 0.529. The van der Waals surface area contributed by atoms with E-state index < -0.39 is 36.6 Å². The quantitative estimate of drug-likeness (QED) is 0.689. The van der Waals surface area contributed by atoms with Gasteiger partial charge in [0.25, 0.3) is 5.91 Å². The molecule has 2 rings (SSSR count). The summed E-state index contributed by atoms with van der Waals surface area (Å²) in [6.45, 7) is 2.37. The molecule has 1 heterocycles. The van der Waals surface area contributed by atoms with Crippen molar-refractivity contribution in [1.82, 2.24) is 20.9 Å². The van der Waals surface area contributed by atoms with Gasteiger partial charge in [0.2, 0.25) is 5.91 Å². The number of alkyl halides is 3. The van der Waals surface area contributed by atoms with Gasteiger partial charge in [-0.3, -0.25) is 14.5 Å². The average molecular weight is 372 g/mol. The van der Waals surface area contributed by atoms with Gasteiger partial charge < -0.3 is 16.0 Å². The van der Waals surface area contributed by atoms with E-state index in [9.17, 15) is 22.8 Å². The third-order valence-electron chi connectivity index (χ3n) is 4.22. The van der Waals surface area contributed by atoms with Crippen LogP contribution in [-0.4, -0.2) is 67.7 Å². The Kier molecular flexibility index (Phi) is 6.98. The van der Waals surface area contributed by atoms with Crippen molar-refractivity contribution >= 4 is 11.8 Å². The molecule has 2 atom stereocenters. The van der Waals surface area contributed by atoms with Gasteiger partial charge in [0, 0.05) is 38.3 Å². The first-order chi connectivity index (χ1) is 12.3. The van der Waals surface area contributed by atoms with Crippen LogP contribution in [0, 0.1) is 0 Å². The molecular weight excluding hydrogens is 349 g/mol. The summed E-state index contributed by atoms with van der Waals surface area (Å²) in [5, 5.41) is 7.79. The molecule has 0 radical (unpaired) electrons. The van der Waals surface area contributed by atoms with Crippen LogP contribution in [-0.2, 0) is 4.79 Å². The highest BCUT2D eigenvalue weighted by molar-refractivity contribution is 5.97. The van der Waals surface area contributed by atoms with Gasteiger partial charge in [0.05, 0.1) is 0 Å². The maximum atomic E-state index is 13.3. The van der Waals surface area contributed by atoms with E-state index in [0.29, 0.717) is 18.7 Å². The number of benzene rings is 1. The van der Waals surface area contributed by atoms with Crippen molar-refractivity contribution in [2.24, 2.45) is 0 Å². The monoisotopic (exact) mass is 372 g/mol. The molecule has 1 aliphatic heterocycles. The van der Waals surface area contributed by atoms with E-state index >= 15 is 0 Å². The molecule has 0 spiro atoms. The van der Waals surface area contributed by atoms with Crippen LogP contribution in [0.15, 0.2) is 30.3 Å². The van der Waals surface area contributed by atoms with Crippen molar-refractivity contribution < 1.29 is 22.8 Å². The van der Waals surface area contributed by atoms with E-state index in [4.69, 9.17) is 0 Å². The first-order valence-electron chi connectivity index (χ1n) is 8.44. The minimum absolute atomic E-state index is 0.264. The van der Waals surface area contributed by atoms with Crippen molar-refractivity contribution in [3.8, 4) is 0 Å². The molecule has 3 N–H and O–H groups in total. The number of nitrogens with one attached hydrogen (secondary N) is 3. The molecule has 1 aliphatic rings. The van der Waals surface area contributed by atoms with Crippen molar-refractivity contribution in [1.29, 1.82) is 0 Å². The van der Waals surface area contributed by atoms with Crippen LogP contribution in [0.4, 0.5) is 13.2 Å². The maximum Gasteiger partial charge on any atom is 0.405 e. The fourth-order valence-corrected chi connectivity index (χ4v) is 2.73. The normalized spacial score (nSPS) is 18.0. The number of carbonyl (C=O) groups is 2. The lowest BCUT2D eigenvalue weighted by Crippen LogP contribution is -2.58. The van der Waals surface area contributed by atoms with Crippen LogP contribution >= 0.6 is 0 Å². The Morgan fingerprint density at radius 3 is 2.38 bits per heavy atom. The molecule has 144 valence electrons. The lowest BCUT2D eigenvalue weighted by molar-refractivity contribution is -0.184. The van der Waals surface area contributed by atoms with E-state index in [1.54, 1.807) is 30.3 Å². The lowest BCUT2D eigenvalue weighted by atomic mass is 10.2. The maximum absolute atomic E-state index is 13.3. The SMILES string of the molecule is CC(NC(=O)c1ccccc1)C(=O)NCC(N1CCNCC1)C(F)(F)F. The summed E-state index contributed by atoms with van der Waals surface area (Å²) in [7, 11) is 0. The summed E-state index contributed by atoms with van der Waals surface area (Å²) in [6, 6.07) is 5.60. The molecule has 0 saturated carbocycles. The van der Waals surface area contributed by atoms with Gasteiger partial charge in [0.15, 0.2) is 0 Å². The highest BCUT2D eigenvalue weighted by Crippen LogP contribution is 2.24. The van der Waals surface area contributed by atoms with Crippen molar-refractivity contribution in [3.05, 3.63) is 35.9 Å². The summed E-state index contributed by atoms with van der Waals surface area (Å²) < 4.78 is 39.9. The number of piperazine rings is 1. The molecule has 9 heteroatoms. The summed E-state index contributed by atoms with van der Waals surface area (Å²) in [5.41, 5.74) is 0.376. The van der Waals surface area contributed by atoms with Crippen molar-refractivity contribution in [2.45, 2.75) is 25.2 Å². The number of carbonyl (C=O) groups excluding carboxylic acids is 2. The highest BCUT2D eigenvalue weighted by Gasteiger charge is 2.44. The Balaban J connectivity index is 1.89. The smallest absolute Gasteiger partial charge is 0.352 e. The van der Waals surface area contributed by atoms with Crippen molar-refractivity contribution in [3.63, 3.8) is 0 Å². The second-order valence-corrected chi connectivity index (χ2v) is 6.15. The first kappa shape index (κ1) is 20.2. The number of hydrogen-bond donors (Lipinski definition) is 3. The number of halogens is 3. The van der Waals surface area contributed by atoms with Crippen LogP contribution in [0.1, 0.15) is 17.3 Å². The highest BCUT2D eigenvalue weighted by atomic mass is 19.4. The molecule has 2 amide bonds. The van der Waals surface area contributed by atoms with Gasteiger partial charge in [-0.05, 0) is 19.1 Å². The zero-order valence-corrected chi connectivity index (χ0v) is 14.5. The minimum Gasteiger partial charge on any atom is -0.352 e. The second kappa shape index (κ2) is 9.00. The molecular formula is C17H23F3N4O2. The second-order valence-electron chi connectivity index (χ2n) is 6.15. The molecule has 1 aromatic carbocycles. The summed E-state index contributed by atoms with van der Waals surface area (Å²) >= 11 is 0. The van der Waals surface area contributed by atoms with E-state index in [2.05, 4.69) is 16.0 Å². The van der Waals surface area contributed by atoms with Crippen LogP contribution in [0.25, 0.3) is 0 Å². The Labute approximate surface area is 150 Å². The molecule has 0 aromatic heterocycles. The lowest BCUT2D eigenvalue weighted by Gasteiger charge is -2.36.